The van der Waals surface area contributed by atoms with Gasteiger partial charge in [0.2, 0.25) is 0 Å². The summed E-state index contributed by atoms with van der Waals surface area (Å²) in [5.74, 6) is -6.04. The summed E-state index contributed by atoms with van der Waals surface area (Å²) in [7, 11) is 3.26. The molecule has 3 N–H and O–H groups in total. The van der Waals surface area contributed by atoms with E-state index in [-0.39, 0.29) is 25.2 Å². The zero-order valence-electron chi connectivity index (χ0n) is 43.0. The highest BCUT2D eigenvalue weighted by atomic mass is 19.1. The van der Waals surface area contributed by atoms with Crippen molar-refractivity contribution in [2.75, 3.05) is 33.0 Å². The molecule has 392 valence electrons. The zero-order chi connectivity index (χ0) is 52.3. The number of nitrogen functional groups attached to an aromatic ring is 1. The highest BCUT2D eigenvalue weighted by Crippen LogP contribution is 2.44. The van der Waals surface area contributed by atoms with Crippen LogP contribution in [0.1, 0.15) is 87.5 Å². The smallest absolute Gasteiger partial charge is 0.410 e. The maximum atomic E-state index is 17.2. The van der Waals surface area contributed by atoms with Crippen LogP contribution in [0.25, 0.3) is 22.5 Å². The average Bonchev–Trinajstić information content (AvgIpc) is 4.10. The van der Waals surface area contributed by atoms with Crippen molar-refractivity contribution in [3.05, 3.63) is 61.2 Å². The summed E-state index contributed by atoms with van der Waals surface area (Å²) in [5.41, 5.74) is 3.15. The van der Waals surface area contributed by atoms with Crippen LogP contribution in [-0.2, 0) is 51.2 Å². The lowest BCUT2D eigenvalue weighted by atomic mass is 9.73. The molecule has 4 aromatic rings. The Kier molecular flexibility index (Phi) is 16.6. The molecule has 1 aromatic carbocycles. The van der Waals surface area contributed by atoms with Gasteiger partial charge in [0.05, 0.1) is 42.8 Å². The number of fused-ring (bicyclic) bond motifs is 1. The number of nitrogens with two attached hydrogens (primary N) is 1. The van der Waals surface area contributed by atoms with E-state index in [1.54, 1.807) is 62.4 Å². The van der Waals surface area contributed by atoms with Crippen LogP contribution in [0.15, 0.2) is 61.2 Å². The van der Waals surface area contributed by atoms with Gasteiger partial charge in [0.15, 0.2) is 17.7 Å². The predicted octanol–water partition coefficient (Wildman–Crippen LogP) is 5.33. The zero-order valence-corrected chi connectivity index (χ0v) is 43.0. The van der Waals surface area contributed by atoms with E-state index < -0.39 is 95.3 Å². The Morgan fingerprint density at radius 2 is 1.60 bits per heavy atom. The van der Waals surface area contributed by atoms with Crippen LogP contribution in [0.5, 0.6) is 0 Å². The number of unbranched alkanes of at least 4 members (excludes halogenated alkanes) is 1. The highest BCUT2D eigenvalue weighted by Gasteiger charge is 2.62. The molecule has 13 atom stereocenters. The Morgan fingerprint density at radius 3 is 2.25 bits per heavy atom. The number of likely N-dealkylation sites (N-methyl/N-ethyl adjacent to an activating group) is 1. The molecule has 7 rings (SSSR count). The van der Waals surface area contributed by atoms with Gasteiger partial charge in [-0.1, -0.05) is 50.3 Å². The van der Waals surface area contributed by atoms with Crippen LogP contribution >= 0.6 is 0 Å². The normalized spacial score (nSPS) is 32.9. The summed E-state index contributed by atoms with van der Waals surface area (Å²) >= 11 is 0. The number of pyridine rings is 1. The first-order valence-corrected chi connectivity index (χ1v) is 24.9. The fourth-order valence-electron chi connectivity index (χ4n) is 10.9. The quantitative estimate of drug-likeness (QED) is 0.0662. The summed E-state index contributed by atoms with van der Waals surface area (Å²) in [6, 6.07) is 9.56. The molecule has 0 spiro atoms. The average molecular weight is 1000 g/mol. The van der Waals surface area contributed by atoms with Crippen LogP contribution in [0.2, 0.25) is 0 Å². The maximum Gasteiger partial charge on any atom is 0.410 e. The van der Waals surface area contributed by atoms with Crippen molar-refractivity contribution in [1.82, 2.24) is 44.8 Å². The number of benzene rings is 1. The Morgan fingerprint density at radius 1 is 0.931 bits per heavy atom. The van der Waals surface area contributed by atoms with Crippen LogP contribution in [-0.4, -0.2) is 160 Å². The standard InChI is InChI=1S/C51H71FN10O10/c1-11-40-51(8)43(62(48(67)72-51)21-13-12-20-60-28-37(55-57-60)34-16-14-18-36(53)25-34)32(4)41(63)30(2)26-49(6,68-10)45(33(5)44(65)50(7,52)47(66)70-40)71-46-42(64)39(24-31(3)69-46)59(9)22-23-61-29-38(56-58-61)35-17-15-19-54-27-35/h14-19,25,27-33,39-40,42-43,45-46,64H,11-13,20-24,26,53H2,1-10H3/t30-,31-,32+,33+,39+,40-,42-,43-,45-,46+,49-,50+,51-/m1/s1. The number of alkyl halides is 1. The number of carbonyl (C=O) groups excluding carboxylic acids is 4. The number of halogens is 1. The lowest BCUT2D eigenvalue weighted by Gasteiger charge is -2.47. The van der Waals surface area contributed by atoms with Crippen molar-refractivity contribution in [2.45, 2.75) is 160 Å². The molecule has 3 aromatic heterocycles. The second-order valence-corrected chi connectivity index (χ2v) is 20.4. The van der Waals surface area contributed by atoms with E-state index in [4.69, 9.17) is 29.4 Å². The van der Waals surface area contributed by atoms with Gasteiger partial charge < -0.3 is 39.4 Å². The summed E-state index contributed by atoms with van der Waals surface area (Å²) in [6.07, 6.45) is 2.05. The number of ketones is 2. The van der Waals surface area contributed by atoms with Crippen molar-refractivity contribution in [2.24, 2.45) is 17.8 Å². The largest absolute Gasteiger partial charge is 0.455 e. The Balaban J connectivity index is 1.11. The van der Waals surface area contributed by atoms with Crippen LogP contribution < -0.4 is 5.73 Å². The number of ether oxygens (including phenoxy) is 5. The lowest BCUT2D eigenvalue weighted by Crippen LogP contribution is -2.62. The molecule has 0 saturated carbocycles. The van der Waals surface area contributed by atoms with E-state index >= 15 is 4.39 Å². The van der Waals surface area contributed by atoms with E-state index in [2.05, 4.69) is 25.6 Å². The second-order valence-electron chi connectivity index (χ2n) is 20.4. The maximum absolute atomic E-state index is 17.2. The van der Waals surface area contributed by atoms with Gasteiger partial charge in [-0.05, 0) is 91.1 Å². The number of aliphatic hydroxyl groups excluding tert-OH is 1. The number of rotatable bonds is 15. The Hall–Kier alpha value is -5.74. The third-order valence-corrected chi connectivity index (χ3v) is 15.0. The van der Waals surface area contributed by atoms with E-state index in [0.29, 0.717) is 56.0 Å². The third-order valence-electron chi connectivity index (χ3n) is 15.0. The van der Waals surface area contributed by atoms with Gasteiger partial charge in [-0.3, -0.25) is 28.8 Å². The minimum atomic E-state index is -3.23. The Bertz CT molecular complexity index is 2530. The lowest BCUT2D eigenvalue weighted by molar-refractivity contribution is -0.296. The number of cyclic esters (lactones) is 1. The number of amides is 1. The number of esters is 1. The van der Waals surface area contributed by atoms with Gasteiger partial charge in [-0.25, -0.2) is 14.0 Å². The molecule has 1 amide bonds. The SMILES string of the molecule is CC[C@H]1OC(=O)[C@@](C)(F)C(=O)[C@H](C)[C@@H](O[C@@H]2O[C@H](C)C[C@H](N(C)CCn3cc(-c4cccnc4)nn3)[C@H]2O)[C@](C)(OC)C[C@@H](C)C(=O)[C@H](C)[C@H]2N(CCCCn3cc(-c4cccc(N)c4)nn3)C(=O)O[C@]12C. The van der Waals surface area contributed by atoms with E-state index in [9.17, 15) is 24.3 Å². The van der Waals surface area contributed by atoms with Crippen LogP contribution in [0.4, 0.5) is 14.9 Å². The van der Waals surface area contributed by atoms with Gasteiger partial charge in [0.25, 0.3) is 5.67 Å². The molecular formula is C51H71FN10O10. The summed E-state index contributed by atoms with van der Waals surface area (Å²) in [4.78, 5) is 65.2. The van der Waals surface area contributed by atoms with Crippen molar-refractivity contribution >= 4 is 29.3 Å². The van der Waals surface area contributed by atoms with Crippen LogP contribution in [0, 0.1) is 17.8 Å². The van der Waals surface area contributed by atoms with Gasteiger partial charge in [-0.2, -0.15) is 0 Å². The Labute approximate surface area is 420 Å². The van der Waals surface area contributed by atoms with E-state index in [1.807, 2.05) is 61.6 Å². The molecule has 3 aliphatic heterocycles. The molecular weight excluding hydrogens is 932 g/mol. The van der Waals surface area contributed by atoms with Crippen molar-refractivity contribution in [1.29, 1.82) is 0 Å². The number of anilines is 1. The van der Waals surface area contributed by atoms with E-state index in [0.717, 1.165) is 18.1 Å². The number of carbonyl (C=O) groups is 4. The summed E-state index contributed by atoms with van der Waals surface area (Å²) < 4.78 is 51.8. The minimum Gasteiger partial charge on any atom is -0.455 e. The number of nitrogens with zero attached hydrogens (tertiary/aromatic N) is 9. The molecule has 3 saturated heterocycles. The molecule has 3 fully saturated rings. The van der Waals surface area contributed by atoms with E-state index in [1.165, 1.54) is 18.9 Å². The molecule has 21 heteroatoms. The number of hydrogen-bond acceptors (Lipinski definition) is 17. The minimum absolute atomic E-state index is 0.0477. The molecule has 0 bridgehead atoms. The van der Waals surface area contributed by atoms with Crippen molar-refractivity contribution in [3.63, 3.8) is 0 Å². The van der Waals surface area contributed by atoms with Gasteiger partial charge in [0, 0.05) is 79.7 Å². The van der Waals surface area contributed by atoms with Gasteiger partial charge in [-0.15, -0.1) is 10.2 Å². The van der Waals surface area contributed by atoms with Gasteiger partial charge in [0.1, 0.15) is 29.4 Å². The highest BCUT2D eigenvalue weighted by molar-refractivity contribution is 6.08. The number of aliphatic hydroxyl groups is 1. The third kappa shape index (κ3) is 11.2. The monoisotopic (exact) mass is 1000 g/mol. The molecule has 6 heterocycles. The number of hydrogen-bond donors (Lipinski definition) is 2. The molecule has 3 aliphatic rings. The summed E-state index contributed by atoms with van der Waals surface area (Å²) in [5, 5.41) is 29.1. The predicted molar refractivity (Wildman–Crippen MR) is 261 cm³/mol. The van der Waals surface area contributed by atoms with Crippen LogP contribution in [0.3, 0.4) is 0 Å². The second kappa shape index (κ2) is 22.2. The summed E-state index contributed by atoms with van der Waals surface area (Å²) in [6.45, 7) is 14.0. The number of aromatic nitrogens is 7. The molecule has 0 aliphatic carbocycles. The fraction of sp³-hybridized carbons (Fsp3) is 0.627. The number of aryl methyl sites for hydroxylation is 1. The first-order chi connectivity index (χ1) is 34.1. The van der Waals surface area contributed by atoms with Gasteiger partial charge >= 0.3 is 12.1 Å². The molecule has 72 heavy (non-hydrogen) atoms. The number of methoxy groups -OCH3 is 1. The molecule has 0 unspecified atom stereocenters. The molecule has 20 nitrogen and oxygen atoms in total. The number of Topliss-reactive ketones (excluding diaryl/α,β-unsaturated/α-hetero) is 2. The first kappa shape index (κ1) is 54.0. The first-order valence-electron chi connectivity index (χ1n) is 24.9. The molecule has 0 radical (unpaired) electrons. The van der Waals surface area contributed by atoms with Crippen molar-refractivity contribution < 1.29 is 52.4 Å². The topological polar surface area (TPSA) is 241 Å². The van der Waals surface area contributed by atoms with Crippen molar-refractivity contribution in [3.8, 4) is 22.5 Å². The fourth-order valence-corrected chi connectivity index (χ4v) is 10.9.